The van der Waals surface area contributed by atoms with Crippen molar-refractivity contribution in [2.75, 3.05) is 0 Å². The first kappa shape index (κ1) is 11.4. The van der Waals surface area contributed by atoms with E-state index in [9.17, 15) is 4.79 Å². The highest BCUT2D eigenvalue weighted by Crippen LogP contribution is 2.01. The van der Waals surface area contributed by atoms with E-state index in [1.54, 1.807) is 10.9 Å². The summed E-state index contributed by atoms with van der Waals surface area (Å²) >= 11 is 0. The molecule has 0 aliphatic rings. The highest BCUT2D eigenvalue weighted by atomic mass is 16.5. The van der Waals surface area contributed by atoms with Crippen LogP contribution < -0.4 is 0 Å². The standard InChI is InChI=1S/C13H14N2O2/c1-11-7-14-15(8-11)9-13(16)17-10-12-5-3-2-4-6-12/h2-8H,9-10H2,1H3. The van der Waals surface area contributed by atoms with Crippen LogP contribution in [0.1, 0.15) is 11.1 Å². The van der Waals surface area contributed by atoms with Gasteiger partial charge in [-0.2, -0.15) is 5.10 Å². The molecule has 1 aromatic heterocycles. The molecule has 0 bridgehead atoms. The molecule has 0 spiro atoms. The fourth-order valence-corrected chi connectivity index (χ4v) is 1.47. The van der Waals surface area contributed by atoms with Crippen LogP contribution in [0.2, 0.25) is 0 Å². The Bertz CT molecular complexity index is 491. The summed E-state index contributed by atoms with van der Waals surface area (Å²) in [6.45, 7) is 2.39. The minimum atomic E-state index is -0.281. The van der Waals surface area contributed by atoms with Gasteiger partial charge in [0.25, 0.3) is 0 Å². The Morgan fingerprint density at radius 1 is 1.35 bits per heavy atom. The third kappa shape index (κ3) is 3.45. The van der Waals surface area contributed by atoms with Gasteiger partial charge < -0.3 is 4.74 Å². The van der Waals surface area contributed by atoms with Crippen LogP contribution in [-0.2, 0) is 22.7 Å². The fraction of sp³-hybridized carbons (Fsp3) is 0.231. The smallest absolute Gasteiger partial charge is 0.328 e. The number of carbonyl (C=O) groups is 1. The highest BCUT2D eigenvalue weighted by Gasteiger charge is 2.05. The van der Waals surface area contributed by atoms with Crippen molar-refractivity contribution in [2.45, 2.75) is 20.1 Å². The van der Waals surface area contributed by atoms with E-state index in [-0.39, 0.29) is 12.5 Å². The van der Waals surface area contributed by atoms with Crippen molar-refractivity contribution in [3.05, 3.63) is 53.9 Å². The lowest BCUT2D eigenvalue weighted by molar-refractivity contribution is -0.145. The number of benzene rings is 1. The molecule has 0 radical (unpaired) electrons. The van der Waals surface area contributed by atoms with E-state index in [1.165, 1.54) is 0 Å². The first-order chi connectivity index (χ1) is 8.24. The summed E-state index contributed by atoms with van der Waals surface area (Å²) in [6.07, 6.45) is 3.52. The first-order valence-corrected chi connectivity index (χ1v) is 5.42. The van der Waals surface area contributed by atoms with Crippen molar-refractivity contribution in [2.24, 2.45) is 0 Å². The maximum absolute atomic E-state index is 11.5. The van der Waals surface area contributed by atoms with Crippen LogP contribution in [-0.4, -0.2) is 15.7 Å². The van der Waals surface area contributed by atoms with Crippen LogP contribution in [0, 0.1) is 6.92 Å². The Hall–Kier alpha value is -2.10. The number of hydrogen-bond donors (Lipinski definition) is 0. The number of esters is 1. The molecule has 88 valence electrons. The van der Waals surface area contributed by atoms with Gasteiger partial charge in [0.05, 0.1) is 6.20 Å². The molecule has 1 aromatic carbocycles. The summed E-state index contributed by atoms with van der Waals surface area (Å²) in [5.74, 6) is -0.281. The highest BCUT2D eigenvalue weighted by molar-refractivity contribution is 5.69. The normalized spacial score (nSPS) is 10.2. The predicted molar refractivity (Wildman–Crippen MR) is 63.2 cm³/mol. The van der Waals surface area contributed by atoms with E-state index in [1.807, 2.05) is 43.5 Å². The molecular weight excluding hydrogens is 216 g/mol. The van der Waals surface area contributed by atoms with Crippen molar-refractivity contribution in [1.82, 2.24) is 9.78 Å². The molecule has 0 aliphatic heterocycles. The first-order valence-electron chi connectivity index (χ1n) is 5.42. The molecule has 0 N–H and O–H groups in total. The lowest BCUT2D eigenvalue weighted by Gasteiger charge is -2.04. The quantitative estimate of drug-likeness (QED) is 0.754. The lowest BCUT2D eigenvalue weighted by atomic mass is 10.2. The molecule has 0 aliphatic carbocycles. The van der Waals surface area contributed by atoms with Crippen molar-refractivity contribution in [1.29, 1.82) is 0 Å². The molecular formula is C13H14N2O2. The second kappa shape index (κ2) is 5.30. The van der Waals surface area contributed by atoms with Crippen LogP contribution in [0.3, 0.4) is 0 Å². The zero-order valence-electron chi connectivity index (χ0n) is 9.67. The van der Waals surface area contributed by atoms with Gasteiger partial charge in [0.1, 0.15) is 13.2 Å². The van der Waals surface area contributed by atoms with Crippen LogP contribution in [0.25, 0.3) is 0 Å². The molecule has 2 rings (SSSR count). The van der Waals surface area contributed by atoms with Gasteiger partial charge in [0, 0.05) is 6.20 Å². The number of aryl methyl sites for hydroxylation is 1. The Labute approximate surface area is 99.8 Å². The molecule has 0 amide bonds. The van der Waals surface area contributed by atoms with Gasteiger partial charge in [0.2, 0.25) is 0 Å². The average Bonchev–Trinajstić information content (AvgIpc) is 2.73. The third-order valence-corrected chi connectivity index (χ3v) is 2.30. The Morgan fingerprint density at radius 3 is 2.76 bits per heavy atom. The predicted octanol–water partition coefficient (Wildman–Crippen LogP) is 1.93. The summed E-state index contributed by atoms with van der Waals surface area (Å²) in [7, 11) is 0. The largest absolute Gasteiger partial charge is 0.459 e. The summed E-state index contributed by atoms with van der Waals surface area (Å²) < 4.78 is 6.71. The molecule has 0 saturated heterocycles. The molecule has 0 saturated carbocycles. The zero-order chi connectivity index (χ0) is 12.1. The van der Waals surface area contributed by atoms with Crippen molar-refractivity contribution < 1.29 is 9.53 Å². The summed E-state index contributed by atoms with van der Waals surface area (Å²) in [6, 6.07) is 9.61. The van der Waals surface area contributed by atoms with E-state index in [4.69, 9.17) is 4.74 Å². The van der Waals surface area contributed by atoms with E-state index >= 15 is 0 Å². The Morgan fingerprint density at radius 2 is 2.12 bits per heavy atom. The molecule has 1 heterocycles. The molecule has 0 fully saturated rings. The molecule has 4 heteroatoms. The Balaban J connectivity index is 1.82. The number of carbonyl (C=O) groups excluding carboxylic acids is 1. The van der Waals surface area contributed by atoms with Gasteiger partial charge in [-0.25, -0.2) is 0 Å². The maximum Gasteiger partial charge on any atom is 0.328 e. The van der Waals surface area contributed by atoms with Gasteiger partial charge in [-0.3, -0.25) is 9.48 Å². The number of rotatable bonds is 4. The zero-order valence-corrected chi connectivity index (χ0v) is 9.67. The maximum atomic E-state index is 11.5. The summed E-state index contributed by atoms with van der Waals surface area (Å²) in [4.78, 5) is 11.5. The minimum Gasteiger partial charge on any atom is -0.459 e. The van der Waals surface area contributed by atoms with Crippen molar-refractivity contribution >= 4 is 5.97 Å². The number of ether oxygens (including phenoxy) is 1. The van der Waals surface area contributed by atoms with E-state index < -0.39 is 0 Å². The van der Waals surface area contributed by atoms with Crippen LogP contribution in [0.15, 0.2) is 42.7 Å². The van der Waals surface area contributed by atoms with Gasteiger partial charge in [-0.05, 0) is 18.1 Å². The topological polar surface area (TPSA) is 44.1 Å². The summed E-state index contributed by atoms with van der Waals surface area (Å²) in [5.41, 5.74) is 2.01. The number of aromatic nitrogens is 2. The van der Waals surface area contributed by atoms with E-state index in [0.717, 1.165) is 11.1 Å². The number of nitrogens with zero attached hydrogens (tertiary/aromatic N) is 2. The van der Waals surface area contributed by atoms with Gasteiger partial charge in [-0.15, -0.1) is 0 Å². The minimum absolute atomic E-state index is 0.153. The SMILES string of the molecule is Cc1cnn(CC(=O)OCc2ccccc2)c1. The molecule has 0 unspecified atom stereocenters. The Kier molecular flexibility index (Phi) is 3.55. The number of hydrogen-bond acceptors (Lipinski definition) is 3. The van der Waals surface area contributed by atoms with Crippen molar-refractivity contribution in [3.8, 4) is 0 Å². The second-order valence-electron chi connectivity index (χ2n) is 3.86. The molecule has 0 atom stereocenters. The van der Waals surface area contributed by atoms with Crippen LogP contribution in [0.5, 0.6) is 0 Å². The summed E-state index contributed by atoms with van der Waals surface area (Å²) in [5, 5.41) is 4.03. The molecule has 17 heavy (non-hydrogen) atoms. The van der Waals surface area contributed by atoms with E-state index in [0.29, 0.717) is 6.61 Å². The third-order valence-electron chi connectivity index (χ3n) is 2.30. The average molecular weight is 230 g/mol. The second-order valence-corrected chi connectivity index (χ2v) is 3.86. The van der Waals surface area contributed by atoms with Gasteiger partial charge in [0.15, 0.2) is 0 Å². The fourth-order valence-electron chi connectivity index (χ4n) is 1.47. The molecule has 2 aromatic rings. The van der Waals surface area contributed by atoms with Gasteiger partial charge in [-0.1, -0.05) is 30.3 Å². The van der Waals surface area contributed by atoms with Crippen molar-refractivity contribution in [3.63, 3.8) is 0 Å². The molecule has 4 nitrogen and oxygen atoms in total. The van der Waals surface area contributed by atoms with Crippen LogP contribution in [0.4, 0.5) is 0 Å². The van der Waals surface area contributed by atoms with E-state index in [2.05, 4.69) is 5.10 Å². The van der Waals surface area contributed by atoms with Crippen LogP contribution >= 0.6 is 0 Å². The van der Waals surface area contributed by atoms with Gasteiger partial charge >= 0.3 is 5.97 Å². The monoisotopic (exact) mass is 230 g/mol. The lowest BCUT2D eigenvalue weighted by Crippen LogP contribution is -2.13.